The highest BCUT2D eigenvalue weighted by Gasteiger charge is 2.17. The first-order valence-corrected chi connectivity index (χ1v) is 7.04. The van der Waals surface area contributed by atoms with Crippen molar-refractivity contribution in [1.29, 1.82) is 0 Å². The van der Waals surface area contributed by atoms with Gasteiger partial charge in [-0.05, 0) is 42.2 Å². The molecule has 0 saturated carbocycles. The van der Waals surface area contributed by atoms with Crippen LogP contribution in [0.5, 0.6) is 0 Å². The second-order valence-corrected chi connectivity index (χ2v) is 5.32. The van der Waals surface area contributed by atoms with Gasteiger partial charge in [-0.2, -0.15) is 0 Å². The van der Waals surface area contributed by atoms with Crippen molar-refractivity contribution >= 4 is 16.6 Å². The fourth-order valence-electron chi connectivity index (χ4n) is 3.14. The Morgan fingerprint density at radius 2 is 2.00 bits per heavy atom. The Morgan fingerprint density at radius 1 is 1.10 bits per heavy atom. The highest BCUT2D eigenvalue weighted by molar-refractivity contribution is 5.88. The molecule has 2 aromatic heterocycles. The number of rotatable bonds is 1. The lowest BCUT2D eigenvalue weighted by molar-refractivity contribution is 0.915. The van der Waals surface area contributed by atoms with Crippen LogP contribution in [0.1, 0.15) is 23.2 Å². The highest BCUT2D eigenvalue weighted by atomic mass is 15.0. The molecular formula is C18H16N2. The third-order valence-corrected chi connectivity index (χ3v) is 4.13. The first-order chi connectivity index (χ1) is 9.84. The minimum Gasteiger partial charge on any atom is -0.328 e. The fourth-order valence-corrected chi connectivity index (χ4v) is 3.14. The molecule has 0 atom stereocenters. The second kappa shape index (κ2) is 4.34. The van der Waals surface area contributed by atoms with E-state index < -0.39 is 0 Å². The third kappa shape index (κ3) is 1.61. The minimum absolute atomic E-state index is 1.05. The quantitative estimate of drug-likeness (QED) is 0.647. The number of pyridine rings is 1. The van der Waals surface area contributed by atoms with Gasteiger partial charge < -0.3 is 4.57 Å². The van der Waals surface area contributed by atoms with E-state index in [2.05, 4.69) is 59.1 Å². The average molecular weight is 260 g/mol. The monoisotopic (exact) mass is 260 g/mol. The molecule has 0 unspecified atom stereocenters. The number of aromatic nitrogens is 2. The maximum atomic E-state index is 4.49. The van der Waals surface area contributed by atoms with Crippen molar-refractivity contribution in [2.45, 2.75) is 12.8 Å². The summed E-state index contributed by atoms with van der Waals surface area (Å²) in [7, 11) is 2.10. The van der Waals surface area contributed by atoms with E-state index >= 15 is 0 Å². The lowest BCUT2D eigenvalue weighted by Gasteiger charge is -2.18. The van der Waals surface area contributed by atoms with Gasteiger partial charge >= 0.3 is 0 Å². The Bertz CT molecular complexity index is 824. The number of hydrogen-bond acceptors (Lipinski definition) is 1. The molecule has 98 valence electrons. The fraction of sp³-hybridized carbons (Fsp3) is 0.167. The van der Waals surface area contributed by atoms with Gasteiger partial charge in [0.25, 0.3) is 0 Å². The molecule has 0 bridgehead atoms. The molecule has 0 radical (unpaired) electrons. The molecule has 2 nitrogen and oxygen atoms in total. The summed E-state index contributed by atoms with van der Waals surface area (Å²) >= 11 is 0. The van der Waals surface area contributed by atoms with Crippen LogP contribution >= 0.6 is 0 Å². The summed E-state index contributed by atoms with van der Waals surface area (Å²) in [5, 5.41) is 1.20. The SMILES string of the molecule is Cn1c(C2=CCCc3ccccc32)cc2cccnc21. The van der Waals surface area contributed by atoms with Gasteiger partial charge in [0.2, 0.25) is 0 Å². The van der Waals surface area contributed by atoms with Crippen molar-refractivity contribution < 1.29 is 0 Å². The molecule has 0 spiro atoms. The number of fused-ring (bicyclic) bond motifs is 2. The second-order valence-electron chi connectivity index (χ2n) is 5.32. The van der Waals surface area contributed by atoms with Gasteiger partial charge in [0, 0.05) is 24.2 Å². The molecule has 0 saturated heterocycles. The molecule has 0 amide bonds. The molecule has 2 heterocycles. The van der Waals surface area contributed by atoms with Gasteiger partial charge in [0.15, 0.2) is 0 Å². The van der Waals surface area contributed by atoms with Crippen LogP contribution in [0.3, 0.4) is 0 Å². The van der Waals surface area contributed by atoms with Crippen LogP contribution in [0, 0.1) is 0 Å². The van der Waals surface area contributed by atoms with Gasteiger partial charge in [0.05, 0.1) is 5.69 Å². The topological polar surface area (TPSA) is 17.8 Å². The molecular weight excluding hydrogens is 244 g/mol. The molecule has 1 aromatic carbocycles. The molecule has 0 fully saturated rings. The first-order valence-electron chi connectivity index (χ1n) is 7.04. The van der Waals surface area contributed by atoms with Crippen molar-refractivity contribution in [2.24, 2.45) is 7.05 Å². The van der Waals surface area contributed by atoms with Crippen LogP contribution < -0.4 is 0 Å². The molecule has 3 aromatic rings. The smallest absolute Gasteiger partial charge is 0.140 e. The first kappa shape index (κ1) is 11.5. The van der Waals surface area contributed by atoms with Crippen molar-refractivity contribution in [2.75, 3.05) is 0 Å². The Kier molecular flexibility index (Phi) is 2.49. The number of allylic oxidation sites excluding steroid dienone is 1. The molecule has 1 aliphatic rings. The summed E-state index contributed by atoms with van der Waals surface area (Å²) in [5.74, 6) is 0. The normalized spacial score (nSPS) is 14.2. The number of benzene rings is 1. The number of aryl methyl sites for hydroxylation is 2. The molecule has 4 rings (SSSR count). The summed E-state index contributed by atoms with van der Waals surface area (Å²) in [5.41, 5.74) is 6.46. The van der Waals surface area contributed by atoms with E-state index in [4.69, 9.17) is 0 Å². The maximum Gasteiger partial charge on any atom is 0.140 e. The van der Waals surface area contributed by atoms with Gasteiger partial charge in [-0.3, -0.25) is 0 Å². The van der Waals surface area contributed by atoms with Gasteiger partial charge in [-0.15, -0.1) is 0 Å². The molecule has 20 heavy (non-hydrogen) atoms. The standard InChI is InChI=1S/C18H16N2/c1-20-17(12-14-8-5-11-19-18(14)20)16-10-4-7-13-6-2-3-9-15(13)16/h2-3,5-6,8-12H,4,7H2,1H3. The third-order valence-electron chi connectivity index (χ3n) is 4.13. The van der Waals surface area contributed by atoms with E-state index in [0.717, 1.165) is 18.5 Å². The van der Waals surface area contributed by atoms with E-state index in [-0.39, 0.29) is 0 Å². The van der Waals surface area contributed by atoms with Crippen LogP contribution in [0.15, 0.2) is 54.7 Å². The maximum absolute atomic E-state index is 4.49. The summed E-state index contributed by atoms with van der Waals surface area (Å²) in [6.45, 7) is 0. The Labute approximate surface area is 118 Å². The lowest BCUT2D eigenvalue weighted by Crippen LogP contribution is -2.04. The van der Waals surface area contributed by atoms with Crippen molar-refractivity contribution in [3.05, 3.63) is 71.6 Å². The zero-order valence-electron chi connectivity index (χ0n) is 11.5. The van der Waals surface area contributed by atoms with Crippen LogP contribution in [0.4, 0.5) is 0 Å². The van der Waals surface area contributed by atoms with E-state index in [1.807, 2.05) is 12.3 Å². The summed E-state index contributed by atoms with van der Waals surface area (Å²) < 4.78 is 2.20. The predicted octanol–water partition coefficient (Wildman–Crippen LogP) is 3.95. The molecule has 0 N–H and O–H groups in total. The van der Waals surface area contributed by atoms with E-state index in [9.17, 15) is 0 Å². The van der Waals surface area contributed by atoms with Crippen LogP contribution in [-0.2, 0) is 13.5 Å². The zero-order valence-corrected chi connectivity index (χ0v) is 11.5. The Balaban J connectivity index is 1.96. The minimum atomic E-state index is 1.05. The van der Waals surface area contributed by atoms with Gasteiger partial charge in [-0.25, -0.2) is 4.98 Å². The summed E-state index contributed by atoms with van der Waals surface area (Å²) in [6, 6.07) is 15.1. The molecule has 1 aliphatic carbocycles. The van der Waals surface area contributed by atoms with Crippen molar-refractivity contribution in [1.82, 2.24) is 9.55 Å². The molecule has 0 aliphatic heterocycles. The lowest BCUT2D eigenvalue weighted by atomic mass is 9.89. The summed E-state index contributed by atoms with van der Waals surface area (Å²) in [4.78, 5) is 4.49. The number of nitrogens with zero attached hydrogens (tertiary/aromatic N) is 2. The highest BCUT2D eigenvalue weighted by Crippen LogP contribution is 2.33. The van der Waals surface area contributed by atoms with E-state index in [1.54, 1.807) is 0 Å². The van der Waals surface area contributed by atoms with E-state index in [0.29, 0.717) is 0 Å². The van der Waals surface area contributed by atoms with Crippen LogP contribution in [-0.4, -0.2) is 9.55 Å². The average Bonchev–Trinajstić information content (AvgIpc) is 2.84. The zero-order chi connectivity index (χ0) is 13.5. The van der Waals surface area contributed by atoms with Crippen molar-refractivity contribution in [3.63, 3.8) is 0 Å². The number of hydrogen-bond donors (Lipinski definition) is 0. The predicted molar refractivity (Wildman–Crippen MR) is 82.6 cm³/mol. The van der Waals surface area contributed by atoms with Crippen molar-refractivity contribution in [3.8, 4) is 0 Å². The molecule has 2 heteroatoms. The largest absolute Gasteiger partial charge is 0.328 e. The summed E-state index contributed by atoms with van der Waals surface area (Å²) in [6.07, 6.45) is 6.47. The van der Waals surface area contributed by atoms with Gasteiger partial charge in [-0.1, -0.05) is 30.3 Å². The van der Waals surface area contributed by atoms with Crippen LogP contribution in [0.2, 0.25) is 0 Å². The van der Waals surface area contributed by atoms with Crippen LogP contribution in [0.25, 0.3) is 16.6 Å². The van der Waals surface area contributed by atoms with Gasteiger partial charge in [0.1, 0.15) is 5.65 Å². The van der Waals surface area contributed by atoms with E-state index in [1.165, 1.54) is 27.8 Å². The Hall–Kier alpha value is -2.35. The Morgan fingerprint density at radius 3 is 2.90 bits per heavy atom.